The number of carbonyl (C=O) groups excluding carboxylic acids is 1. The Morgan fingerprint density at radius 3 is 2.97 bits per heavy atom. The molecule has 11 nitrogen and oxygen atoms in total. The Balaban J connectivity index is 1.38. The maximum Gasteiger partial charge on any atom is 0.407 e. The topological polar surface area (TPSA) is 143 Å². The zero-order valence-electron chi connectivity index (χ0n) is 18.2. The number of amidine groups is 1. The molecule has 4 rings (SSSR count). The van der Waals surface area contributed by atoms with Crippen LogP contribution in [0.25, 0.3) is 0 Å². The van der Waals surface area contributed by atoms with Gasteiger partial charge in [0.1, 0.15) is 11.4 Å². The van der Waals surface area contributed by atoms with Crippen LogP contribution >= 0.6 is 11.8 Å². The highest BCUT2D eigenvalue weighted by molar-refractivity contribution is 7.99. The molecule has 1 aromatic heterocycles. The average Bonchev–Trinajstić information content (AvgIpc) is 3.32. The summed E-state index contributed by atoms with van der Waals surface area (Å²) in [5.41, 5.74) is 1.27. The molecule has 1 aliphatic carbocycles. The molecule has 178 valence electrons. The number of carbonyl (C=O) groups is 1. The number of oxime groups is 1. The van der Waals surface area contributed by atoms with E-state index in [1.807, 2.05) is 0 Å². The molecule has 2 aromatic rings. The van der Waals surface area contributed by atoms with E-state index in [2.05, 4.69) is 20.8 Å². The molecule has 3 atom stereocenters. The first-order chi connectivity index (χ1) is 15.6. The van der Waals surface area contributed by atoms with Crippen molar-refractivity contribution in [2.75, 3.05) is 12.3 Å². The average molecular weight is 482 g/mol. The Hall–Kier alpha value is -2.90. The minimum absolute atomic E-state index is 0.0259. The molecule has 2 aliphatic rings. The summed E-state index contributed by atoms with van der Waals surface area (Å²) in [5.74, 6) is -0.0297. The van der Waals surface area contributed by atoms with Gasteiger partial charge in [-0.2, -0.15) is 0 Å². The van der Waals surface area contributed by atoms with Gasteiger partial charge in [0.2, 0.25) is 5.84 Å². The van der Waals surface area contributed by atoms with Gasteiger partial charge >= 0.3 is 12.5 Å². The largest absolute Gasteiger partial charge is 0.444 e. The predicted octanol–water partition coefficient (Wildman–Crippen LogP) is 1.75. The first-order valence-electron chi connectivity index (χ1n) is 10.2. The lowest BCUT2D eigenvalue weighted by atomic mass is 9.82. The second-order valence-electron chi connectivity index (χ2n) is 8.58. The lowest BCUT2D eigenvalue weighted by Gasteiger charge is -2.38. The van der Waals surface area contributed by atoms with Gasteiger partial charge in [0.15, 0.2) is 10.7 Å². The zero-order valence-corrected chi connectivity index (χ0v) is 19.0. The van der Waals surface area contributed by atoms with Gasteiger partial charge < -0.3 is 25.1 Å². The Labute approximate surface area is 192 Å². The molecule has 0 fully saturated rings. The van der Waals surface area contributed by atoms with Crippen molar-refractivity contribution in [3.8, 4) is 0 Å². The van der Waals surface area contributed by atoms with Crippen LogP contribution in [-0.4, -0.2) is 67.8 Å². The summed E-state index contributed by atoms with van der Waals surface area (Å²) in [5, 5.41) is 35.0. The molecule has 1 aliphatic heterocycles. The molecule has 33 heavy (non-hydrogen) atoms. The van der Waals surface area contributed by atoms with Crippen molar-refractivity contribution in [3.63, 3.8) is 0 Å². The summed E-state index contributed by atoms with van der Waals surface area (Å²) >= 11 is 1.13. The van der Waals surface area contributed by atoms with E-state index in [1.165, 1.54) is 17.0 Å². The number of hydrogen-bond acceptors (Lipinski definition) is 11. The number of aromatic nitrogens is 2. The third-order valence-corrected chi connectivity index (χ3v) is 5.99. The highest BCUT2D eigenvalue weighted by atomic mass is 32.2. The minimum atomic E-state index is -1.38. The van der Waals surface area contributed by atoms with Crippen molar-refractivity contribution >= 4 is 23.7 Å². The maximum atomic E-state index is 13.7. The number of nitrogens with zero attached hydrogens (tertiary/aromatic N) is 4. The molecule has 0 bridgehead atoms. The molecule has 0 saturated carbocycles. The summed E-state index contributed by atoms with van der Waals surface area (Å²) < 4.78 is 23.7. The van der Waals surface area contributed by atoms with Crippen LogP contribution in [0, 0.1) is 5.82 Å². The van der Waals surface area contributed by atoms with Gasteiger partial charge in [0, 0.05) is 12.3 Å². The highest BCUT2D eigenvalue weighted by Crippen LogP contribution is 2.41. The number of aliphatic hydroxyl groups excluding tert-OH is 2. The fraction of sp³-hybridized carbons (Fsp3) is 0.500. The zero-order chi connectivity index (χ0) is 23.8. The van der Waals surface area contributed by atoms with E-state index in [1.54, 1.807) is 26.8 Å². The fourth-order valence-electron chi connectivity index (χ4n) is 3.43. The number of rotatable bonds is 7. The number of ether oxygens (including phenoxy) is 1. The van der Waals surface area contributed by atoms with Gasteiger partial charge in [0.05, 0.1) is 12.1 Å². The molecule has 0 saturated heterocycles. The van der Waals surface area contributed by atoms with E-state index in [0.29, 0.717) is 11.4 Å². The maximum absolute atomic E-state index is 13.7. The third kappa shape index (κ3) is 5.20. The van der Waals surface area contributed by atoms with Crippen molar-refractivity contribution in [3.05, 3.63) is 40.8 Å². The summed E-state index contributed by atoms with van der Waals surface area (Å²) in [4.78, 5) is 18.2. The molecular formula is C20H24FN5O6S. The van der Waals surface area contributed by atoms with Gasteiger partial charge in [-0.15, -0.1) is 0 Å². The van der Waals surface area contributed by atoms with Crippen LogP contribution in [0.3, 0.4) is 0 Å². The number of amides is 1. The molecule has 3 N–H and O–H groups in total. The number of nitrogens with one attached hydrogen (secondary N) is 1. The molecular weight excluding hydrogens is 457 g/mol. The standard InChI is InChI=1S/C20H24FN5O6S/c1-20(2,3)30-18(28)22-8-12(27)9-33-17-15(23-32-25-17)16-24-31-19(29)26(16)14-6-10-4-5-11(21)7-13(10)14/h4-5,7,12,14,19,27,29H,6,8-9H2,1-3H3,(H,22,28)/t12?,14-,19?/m0/s1. The minimum Gasteiger partial charge on any atom is -0.444 e. The second-order valence-corrected chi connectivity index (χ2v) is 9.59. The van der Waals surface area contributed by atoms with Crippen LogP contribution in [0.2, 0.25) is 0 Å². The first-order valence-corrected chi connectivity index (χ1v) is 11.2. The number of thioether (sulfide) groups is 1. The number of alkyl carbamates (subject to hydrolysis) is 1. The Kier molecular flexibility index (Phi) is 6.45. The quantitative estimate of drug-likeness (QED) is 0.501. The Morgan fingerprint density at radius 1 is 1.42 bits per heavy atom. The van der Waals surface area contributed by atoms with E-state index in [-0.39, 0.29) is 35.7 Å². The summed E-state index contributed by atoms with van der Waals surface area (Å²) in [6.45, 7) is 5.20. The highest BCUT2D eigenvalue weighted by Gasteiger charge is 2.43. The molecule has 13 heteroatoms. The Morgan fingerprint density at radius 2 is 2.21 bits per heavy atom. The summed E-state index contributed by atoms with van der Waals surface area (Å²) in [6.07, 6.45) is -2.34. The van der Waals surface area contributed by atoms with Crippen molar-refractivity contribution in [1.82, 2.24) is 20.5 Å². The van der Waals surface area contributed by atoms with E-state index < -0.39 is 24.2 Å². The van der Waals surface area contributed by atoms with Crippen molar-refractivity contribution in [2.45, 2.75) is 56.4 Å². The Bertz CT molecular complexity index is 1060. The summed E-state index contributed by atoms with van der Waals surface area (Å²) in [6, 6.07) is 4.15. The van der Waals surface area contributed by atoms with Gasteiger partial charge in [-0.05, 0) is 60.8 Å². The molecule has 0 spiro atoms. The SMILES string of the molecule is CC(C)(C)OC(=O)NCC(O)CSc1nonc1C1=NOC(O)N1[C@H]1Cc2ccc(F)cc21. The van der Waals surface area contributed by atoms with Gasteiger partial charge in [-0.3, -0.25) is 4.90 Å². The molecule has 1 amide bonds. The molecule has 1 aromatic carbocycles. The van der Waals surface area contributed by atoms with Crippen LogP contribution < -0.4 is 5.32 Å². The summed E-state index contributed by atoms with van der Waals surface area (Å²) in [7, 11) is 0. The number of aliphatic hydroxyl groups is 2. The van der Waals surface area contributed by atoms with Crippen molar-refractivity contribution in [1.29, 1.82) is 0 Å². The number of hydrogen-bond donors (Lipinski definition) is 3. The van der Waals surface area contributed by atoms with E-state index in [0.717, 1.165) is 22.9 Å². The van der Waals surface area contributed by atoms with E-state index >= 15 is 0 Å². The van der Waals surface area contributed by atoms with Crippen LogP contribution in [0.1, 0.15) is 43.6 Å². The van der Waals surface area contributed by atoms with E-state index in [4.69, 9.17) is 14.2 Å². The normalized spacial score (nSPS) is 20.4. The van der Waals surface area contributed by atoms with E-state index in [9.17, 15) is 19.4 Å². The van der Waals surface area contributed by atoms with Gasteiger partial charge in [-0.25, -0.2) is 13.8 Å². The second kappa shape index (κ2) is 9.15. The fourth-order valence-corrected chi connectivity index (χ4v) is 4.24. The van der Waals surface area contributed by atoms with Crippen LogP contribution in [0.15, 0.2) is 33.0 Å². The van der Waals surface area contributed by atoms with Crippen LogP contribution in [0.5, 0.6) is 0 Å². The monoisotopic (exact) mass is 481 g/mol. The molecule has 0 radical (unpaired) electrons. The lowest BCUT2D eigenvalue weighted by Crippen LogP contribution is -2.44. The number of fused-ring (bicyclic) bond motifs is 1. The smallest absolute Gasteiger partial charge is 0.407 e. The number of benzene rings is 1. The van der Waals surface area contributed by atoms with Crippen LogP contribution in [-0.2, 0) is 16.0 Å². The predicted molar refractivity (Wildman–Crippen MR) is 114 cm³/mol. The lowest BCUT2D eigenvalue weighted by molar-refractivity contribution is -0.158. The van der Waals surface area contributed by atoms with Crippen LogP contribution in [0.4, 0.5) is 9.18 Å². The molecule has 2 heterocycles. The molecule has 2 unspecified atom stereocenters. The third-order valence-electron chi connectivity index (χ3n) is 4.90. The van der Waals surface area contributed by atoms with Gasteiger partial charge in [-0.1, -0.05) is 23.0 Å². The first kappa shape index (κ1) is 23.3. The van der Waals surface area contributed by atoms with Crippen molar-refractivity contribution in [2.24, 2.45) is 5.16 Å². The van der Waals surface area contributed by atoms with Crippen molar-refractivity contribution < 1.29 is 33.6 Å². The van der Waals surface area contributed by atoms with Gasteiger partial charge in [0.25, 0.3) is 0 Å². The number of halogens is 1.